The quantitative estimate of drug-likeness (QED) is 0.359. The Labute approximate surface area is 211 Å². The lowest BCUT2D eigenvalue weighted by Crippen LogP contribution is -2.37. The fraction of sp³-hybridized carbons (Fsp3) is 0.375. The summed E-state index contributed by atoms with van der Waals surface area (Å²) in [6.07, 6.45) is 9.53. The van der Waals surface area contributed by atoms with Crippen LogP contribution in [0.3, 0.4) is 0 Å². The molecule has 12 heteroatoms. The number of hydrogen-bond donors (Lipinski definition) is 2. The van der Waals surface area contributed by atoms with Crippen LogP contribution in [0.25, 0.3) is 16.7 Å². The van der Waals surface area contributed by atoms with Crippen LogP contribution in [0.15, 0.2) is 37.1 Å². The van der Waals surface area contributed by atoms with Gasteiger partial charge in [-0.2, -0.15) is 15.2 Å². The highest BCUT2D eigenvalue weighted by molar-refractivity contribution is 6.36. The van der Waals surface area contributed by atoms with Gasteiger partial charge in [0.25, 0.3) is 0 Å². The maximum absolute atomic E-state index is 10.3. The van der Waals surface area contributed by atoms with Gasteiger partial charge >= 0.3 is 0 Å². The summed E-state index contributed by atoms with van der Waals surface area (Å²) in [5, 5.41) is 23.0. The van der Waals surface area contributed by atoms with E-state index in [9.17, 15) is 5.11 Å². The largest absolute Gasteiger partial charge is 0.450 e. The number of rotatable bonds is 5. The van der Waals surface area contributed by atoms with E-state index in [1.165, 1.54) is 0 Å². The van der Waals surface area contributed by atoms with Gasteiger partial charge in [-0.05, 0) is 12.8 Å². The third-order valence-corrected chi connectivity index (χ3v) is 6.94. The second kappa shape index (κ2) is 8.17. The first-order valence-electron chi connectivity index (χ1n) is 11.7. The van der Waals surface area contributed by atoms with Crippen molar-refractivity contribution in [2.75, 3.05) is 5.32 Å². The van der Waals surface area contributed by atoms with Crippen molar-refractivity contribution >= 4 is 40.0 Å². The standard InChI is InChI=1S/C24H26ClN9O2/c1-24(2,3)18-9-19(31-34(18)13-5-6-15(13)35)29-23-30-22-21(32(23)4)20(25)17(11-27-22)36-16-12-28-33-8-7-26-10-14(16)33/h7-13,15,35H,5-6H2,1-4H3,(H,27,29,30,31)/t13-,15-/m1/s1. The van der Waals surface area contributed by atoms with E-state index >= 15 is 0 Å². The molecule has 1 saturated carbocycles. The molecule has 0 aliphatic heterocycles. The van der Waals surface area contributed by atoms with Gasteiger partial charge in [0.1, 0.15) is 16.1 Å². The van der Waals surface area contributed by atoms with Crippen molar-refractivity contribution in [1.82, 2.24) is 38.9 Å². The highest BCUT2D eigenvalue weighted by Crippen LogP contribution is 2.39. The van der Waals surface area contributed by atoms with Crippen molar-refractivity contribution in [3.8, 4) is 11.5 Å². The van der Waals surface area contributed by atoms with E-state index in [4.69, 9.17) is 21.4 Å². The molecular formula is C24H26ClN9O2. The minimum atomic E-state index is -0.375. The zero-order valence-corrected chi connectivity index (χ0v) is 21.1. The van der Waals surface area contributed by atoms with Gasteiger partial charge in [0.05, 0.1) is 30.7 Å². The average Bonchev–Trinajstić information content (AvgIpc) is 3.51. The van der Waals surface area contributed by atoms with E-state index in [1.54, 1.807) is 35.5 Å². The van der Waals surface area contributed by atoms with Crippen molar-refractivity contribution in [3.05, 3.63) is 47.8 Å². The first-order valence-corrected chi connectivity index (χ1v) is 12.1. The average molecular weight is 508 g/mol. The molecule has 6 rings (SSSR count). The molecule has 0 unspecified atom stereocenters. The maximum atomic E-state index is 10.3. The molecule has 0 spiro atoms. The number of aromatic nitrogens is 8. The summed E-state index contributed by atoms with van der Waals surface area (Å²) in [4.78, 5) is 13.2. The van der Waals surface area contributed by atoms with Crippen LogP contribution in [-0.2, 0) is 12.5 Å². The molecule has 36 heavy (non-hydrogen) atoms. The highest BCUT2D eigenvalue weighted by Gasteiger charge is 2.35. The van der Waals surface area contributed by atoms with Crippen LogP contribution >= 0.6 is 11.6 Å². The molecule has 5 aromatic heterocycles. The summed E-state index contributed by atoms with van der Waals surface area (Å²) in [6, 6.07) is 1.99. The summed E-state index contributed by atoms with van der Waals surface area (Å²) < 4.78 is 11.5. The van der Waals surface area contributed by atoms with Gasteiger partial charge < -0.3 is 19.7 Å². The monoisotopic (exact) mass is 507 g/mol. The Morgan fingerprint density at radius 2 is 2.00 bits per heavy atom. The molecule has 0 saturated heterocycles. The Balaban J connectivity index is 1.34. The lowest BCUT2D eigenvalue weighted by molar-refractivity contribution is 0.0227. The van der Waals surface area contributed by atoms with Gasteiger partial charge in [-0.3, -0.25) is 9.67 Å². The van der Waals surface area contributed by atoms with E-state index in [1.807, 2.05) is 22.4 Å². The van der Waals surface area contributed by atoms with Crippen LogP contribution in [0.2, 0.25) is 5.02 Å². The Bertz CT molecular complexity index is 1600. The Hall–Kier alpha value is -3.70. The number of nitrogens with zero attached hydrogens (tertiary/aromatic N) is 8. The van der Waals surface area contributed by atoms with Gasteiger partial charge in [-0.25, -0.2) is 9.50 Å². The molecule has 5 aromatic rings. The molecule has 11 nitrogen and oxygen atoms in total. The topological polar surface area (TPSA) is 120 Å². The molecular weight excluding hydrogens is 482 g/mol. The molecule has 0 aromatic carbocycles. The van der Waals surface area contributed by atoms with Crippen molar-refractivity contribution in [1.29, 1.82) is 0 Å². The van der Waals surface area contributed by atoms with E-state index in [2.05, 4.69) is 46.1 Å². The molecule has 5 heterocycles. The van der Waals surface area contributed by atoms with E-state index in [0.717, 1.165) is 18.5 Å². The summed E-state index contributed by atoms with van der Waals surface area (Å²) in [7, 11) is 1.85. The smallest absolute Gasteiger partial charge is 0.210 e. The molecule has 1 aliphatic carbocycles. The number of anilines is 2. The number of fused-ring (bicyclic) bond motifs is 2. The number of aryl methyl sites for hydroxylation is 1. The molecule has 0 bridgehead atoms. The first kappa shape index (κ1) is 22.7. The second-order valence-electron chi connectivity index (χ2n) is 10.1. The van der Waals surface area contributed by atoms with Crippen LogP contribution in [0.1, 0.15) is 45.3 Å². The van der Waals surface area contributed by atoms with E-state index in [-0.39, 0.29) is 17.6 Å². The zero-order valence-electron chi connectivity index (χ0n) is 20.3. The van der Waals surface area contributed by atoms with Gasteiger partial charge in [0, 0.05) is 36.6 Å². The Morgan fingerprint density at radius 1 is 1.17 bits per heavy atom. The van der Waals surface area contributed by atoms with Gasteiger partial charge in [-0.1, -0.05) is 32.4 Å². The summed E-state index contributed by atoms with van der Waals surface area (Å²) >= 11 is 6.76. The molecule has 2 N–H and O–H groups in total. The van der Waals surface area contributed by atoms with Gasteiger partial charge in [-0.15, -0.1) is 0 Å². The predicted molar refractivity (Wildman–Crippen MR) is 135 cm³/mol. The summed E-state index contributed by atoms with van der Waals surface area (Å²) in [5.74, 6) is 2.08. The molecule has 186 valence electrons. The fourth-order valence-corrected chi connectivity index (χ4v) is 4.74. The molecule has 1 aliphatic rings. The summed E-state index contributed by atoms with van der Waals surface area (Å²) in [5.41, 5.74) is 2.71. The van der Waals surface area contributed by atoms with Crippen LogP contribution in [0.4, 0.5) is 11.8 Å². The molecule has 1 fully saturated rings. The third kappa shape index (κ3) is 3.66. The SMILES string of the molecule is Cn1c(Nc2cc(C(C)(C)C)n([C@@H]3CC[C@H]3O)n2)nc2ncc(Oc3cnn4ccncc34)c(Cl)c21. The number of ether oxygens (including phenoxy) is 1. The van der Waals surface area contributed by atoms with E-state index in [0.29, 0.717) is 45.0 Å². The fourth-order valence-electron chi connectivity index (χ4n) is 4.44. The predicted octanol–water partition coefficient (Wildman–Crippen LogP) is 4.39. The number of imidazole rings is 1. The number of pyridine rings is 1. The second-order valence-corrected chi connectivity index (χ2v) is 10.4. The van der Waals surface area contributed by atoms with E-state index < -0.39 is 0 Å². The minimum absolute atomic E-state index is 0.0128. The van der Waals surface area contributed by atoms with Gasteiger partial charge in [0.15, 0.2) is 23.0 Å². The number of nitrogens with one attached hydrogen (secondary N) is 1. The highest BCUT2D eigenvalue weighted by atomic mass is 35.5. The summed E-state index contributed by atoms with van der Waals surface area (Å²) in [6.45, 7) is 6.40. The van der Waals surface area contributed by atoms with Crippen molar-refractivity contribution in [2.24, 2.45) is 7.05 Å². The van der Waals surface area contributed by atoms with Crippen LogP contribution in [0, 0.1) is 0 Å². The molecule has 2 atom stereocenters. The lowest BCUT2D eigenvalue weighted by atomic mass is 9.86. The minimum Gasteiger partial charge on any atom is -0.450 e. The zero-order chi connectivity index (χ0) is 25.2. The Kier molecular flexibility index (Phi) is 5.16. The number of hydrogen-bond acceptors (Lipinski definition) is 8. The van der Waals surface area contributed by atoms with Crippen molar-refractivity contribution in [2.45, 2.75) is 51.2 Å². The van der Waals surface area contributed by atoms with Crippen molar-refractivity contribution < 1.29 is 9.84 Å². The van der Waals surface area contributed by atoms with Gasteiger partial charge in [0.2, 0.25) is 5.95 Å². The third-order valence-electron chi connectivity index (χ3n) is 6.57. The van der Waals surface area contributed by atoms with Crippen LogP contribution in [0.5, 0.6) is 11.5 Å². The van der Waals surface area contributed by atoms with Crippen molar-refractivity contribution in [3.63, 3.8) is 0 Å². The first-order chi connectivity index (χ1) is 17.2. The van der Waals surface area contributed by atoms with Crippen LogP contribution in [-0.4, -0.2) is 50.1 Å². The number of halogens is 1. The number of aliphatic hydroxyl groups is 1. The normalized spacial score (nSPS) is 18.1. The molecule has 0 amide bonds. The lowest BCUT2D eigenvalue weighted by Gasteiger charge is -2.35. The van der Waals surface area contributed by atoms with Crippen LogP contribution < -0.4 is 10.1 Å². The molecule has 0 radical (unpaired) electrons. The number of aliphatic hydroxyl groups excluding tert-OH is 1. The maximum Gasteiger partial charge on any atom is 0.210 e. The Morgan fingerprint density at radius 3 is 2.72 bits per heavy atom.